The lowest BCUT2D eigenvalue weighted by Crippen LogP contribution is -2.40. The van der Waals surface area contributed by atoms with Crippen molar-refractivity contribution in [1.29, 1.82) is 0 Å². The highest BCUT2D eigenvalue weighted by Gasteiger charge is 2.27. The average Bonchev–Trinajstić information content (AvgIpc) is 3.06. The molecule has 0 aromatic heterocycles. The van der Waals surface area contributed by atoms with Gasteiger partial charge >= 0.3 is 0 Å². The van der Waals surface area contributed by atoms with Gasteiger partial charge in [0.1, 0.15) is 0 Å². The highest BCUT2D eigenvalue weighted by atomic mass is 35.5. The van der Waals surface area contributed by atoms with E-state index in [4.69, 9.17) is 23.2 Å². The van der Waals surface area contributed by atoms with Gasteiger partial charge in [-0.05, 0) is 31.4 Å². The summed E-state index contributed by atoms with van der Waals surface area (Å²) in [6, 6.07) is 6.11. The second-order valence-corrected chi connectivity index (χ2v) is 5.83. The SMILES string of the molecule is CC(O)(CNC1CC1)Cc1cccc(Cl)c1Cl. The molecule has 1 aromatic carbocycles. The molecule has 0 amide bonds. The molecule has 2 nitrogen and oxygen atoms in total. The second kappa shape index (κ2) is 5.15. The topological polar surface area (TPSA) is 32.3 Å². The van der Waals surface area contributed by atoms with E-state index in [-0.39, 0.29) is 0 Å². The number of hydrogen-bond donors (Lipinski definition) is 2. The number of halogens is 2. The van der Waals surface area contributed by atoms with Crippen molar-refractivity contribution in [2.24, 2.45) is 0 Å². The third kappa shape index (κ3) is 3.85. The fourth-order valence-electron chi connectivity index (χ4n) is 1.81. The van der Waals surface area contributed by atoms with Gasteiger partial charge in [0.15, 0.2) is 0 Å². The molecule has 1 fully saturated rings. The first-order valence-corrected chi connectivity index (χ1v) is 6.62. The zero-order valence-corrected chi connectivity index (χ0v) is 11.4. The fraction of sp³-hybridized carbons (Fsp3) is 0.538. The van der Waals surface area contributed by atoms with Crippen LogP contribution in [0.1, 0.15) is 25.3 Å². The summed E-state index contributed by atoms with van der Waals surface area (Å²) in [4.78, 5) is 0. The predicted octanol–water partition coefficient (Wildman–Crippen LogP) is 3.04. The Labute approximate surface area is 112 Å². The first-order chi connectivity index (χ1) is 7.98. The molecule has 0 radical (unpaired) electrons. The lowest BCUT2D eigenvalue weighted by molar-refractivity contribution is 0.0598. The molecule has 17 heavy (non-hydrogen) atoms. The van der Waals surface area contributed by atoms with Crippen LogP contribution in [0.15, 0.2) is 18.2 Å². The molecule has 1 aliphatic rings. The van der Waals surface area contributed by atoms with E-state index in [9.17, 15) is 5.11 Å². The summed E-state index contributed by atoms with van der Waals surface area (Å²) in [6.07, 6.45) is 2.94. The Kier molecular flexibility index (Phi) is 3.99. The van der Waals surface area contributed by atoms with Crippen LogP contribution in [0.4, 0.5) is 0 Å². The Bertz CT molecular complexity index is 402. The van der Waals surface area contributed by atoms with Crippen molar-refractivity contribution in [1.82, 2.24) is 5.32 Å². The normalized spacial score (nSPS) is 19.1. The molecule has 0 heterocycles. The Morgan fingerprint density at radius 2 is 2.12 bits per heavy atom. The highest BCUT2D eigenvalue weighted by Crippen LogP contribution is 2.28. The average molecular weight is 274 g/mol. The van der Waals surface area contributed by atoms with Crippen molar-refractivity contribution in [2.75, 3.05) is 6.54 Å². The van der Waals surface area contributed by atoms with Crippen LogP contribution in [0, 0.1) is 0 Å². The van der Waals surface area contributed by atoms with Gasteiger partial charge in [0.2, 0.25) is 0 Å². The number of rotatable bonds is 5. The van der Waals surface area contributed by atoms with E-state index in [1.165, 1.54) is 12.8 Å². The van der Waals surface area contributed by atoms with E-state index in [1.807, 2.05) is 19.1 Å². The van der Waals surface area contributed by atoms with Gasteiger partial charge in [-0.2, -0.15) is 0 Å². The summed E-state index contributed by atoms with van der Waals surface area (Å²) in [6.45, 7) is 2.40. The fourth-order valence-corrected chi connectivity index (χ4v) is 2.20. The quantitative estimate of drug-likeness (QED) is 0.865. The zero-order valence-electron chi connectivity index (χ0n) is 9.84. The summed E-state index contributed by atoms with van der Waals surface area (Å²) in [7, 11) is 0. The van der Waals surface area contributed by atoms with Crippen LogP contribution in [0.3, 0.4) is 0 Å². The molecule has 1 aliphatic carbocycles. The number of aliphatic hydroxyl groups is 1. The first-order valence-electron chi connectivity index (χ1n) is 5.86. The molecule has 1 saturated carbocycles. The Balaban J connectivity index is 1.99. The molecule has 0 bridgehead atoms. The van der Waals surface area contributed by atoms with E-state index in [0.717, 1.165) is 5.56 Å². The maximum atomic E-state index is 10.3. The standard InChI is InChI=1S/C13H17Cl2NO/c1-13(17,8-16-10-5-6-10)7-9-3-2-4-11(14)12(9)15/h2-4,10,16-17H,5-8H2,1H3. The molecular weight excluding hydrogens is 257 g/mol. The highest BCUT2D eigenvalue weighted by molar-refractivity contribution is 6.42. The molecule has 1 unspecified atom stereocenters. The Morgan fingerprint density at radius 1 is 1.41 bits per heavy atom. The minimum absolute atomic E-state index is 0.506. The van der Waals surface area contributed by atoms with Crippen molar-refractivity contribution >= 4 is 23.2 Å². The largest absolute Gasteiger partial charge is 0.389 e. The van der Waals surface area contributed by atoms with E-state index in [1.54, 1.807) is 6.07 Å². The third-order valence-corrected chi connectivity index (χ3v) is 3.81. The van der Waals surface area contributed by atoms with Crippen LogP contribution in [0.25, 0.3) is 0 Å². The summed E-state index contributed by atoms with van der Waals surface area (Å²) in [5, 5.41) is 14.7. The number of benzene rings is 1. The van der Waals surface area contributed by atoms with Gasteiger partial charge in [0.05, 0.1) is 15.6 Å². The molecule has 94 valence electrons. The van der Waals surface area contributed by atoms with Gasteiger partial charge in [0, 0.05) is 19.0 Å². The molecule has 4 heteroatoms. The smallest absolute Gasteiger partial charge is 0.0784 e. The van der Waals surface area contributed by atoms with Gasteiger partial charge in [-0.25, -0.2) is 0 Å². The molecule has 0 aliphatic heterocycles. The molecular formula is C13H17Cl2NO. The van der Waals surface area contributed by atoms with Crippen LogP contribution >= 0.6 is 23.2 Å². The van der Waals surface area contributed by atoms with Gasteiger partial charge in [-0.15, -0.1) is 0 Å². The van der Waals surface area contributed by atoms with E-state index < -0.39 is 5.60 Å². The van der Waals surface area contributed by atoms with E-state index in [0.29, 0.717) is 29.1 Å². The van der Waals surface area contributed by atoms with Crippen LogP contribution in [-0.4, -0.2) is 23.3 Å². The van der Waals surface area contributed by atoms with Crippen molar-refractivity contribution in [3.63, 3.8) is 0 Å². The minimum atomic E-state index is -0.795. The van der Waals surface area contributed by atoms with Gasteiger partial charge < -0.3 is 10.4 Å². The molecule has 0 saturated heterocycles. The van der Waals surface area contributed by atoms with Crippen LogP contribution in [-0.2, 0) is 6.42 Å². The van der Waals surface area contributed by atoms with Crippen molar-refractivity contribution in [3.05, 3.63) is 33.8 Å². The molecule has 2 rings (SSSR count). The summed E-state index contributed by atoms with van der Waals surface area (Å²) < 4.78 is 0. The second-order valence-electron chi connectivity index (χ2n) is 5.04. The minimum Gasteiger partial charge on any atom is -0.389 e. The molecule has 0 spiro atoms. The van der Waals surface area contributed by atoms with E-state index >= 15 is 0 Å². The van der Waals surface area contributed by atoms with Crippen molar-refractivity contribution in [3.8, 4) is 0 Å². The lowest BCUT2D eigenvalue weighted by Gasteiger charge is -2.24. The van der Waals surface area contributed by atoms with E-state index in [2.05, 4.69) is 5.32 Å². The van der Waals surface area contributed by atoms with Crippen LogP contribution < -0.4 is 5.32 Å². The summed E-state index contributed by atoms with van der Waals surface area (Å²) in [5.41, 5.74) is 0.0958. The Morgan fingerprint density at radius 3 is 2.76 bits per heavy atom. The molecule has 2 N–H and O–H groups in total. The predicted molar refractivity (Wildman–Crippen MR) is 71.8 cm³/mol. The third-order valence-electron chi connectivity index (χ3n) is 2.95. The molecule has 1 aromatic rings. The van der Waals surface area contributed by atoms with Crippen molar-refractivity contribution < 1.29 is 5.11 Å². The van der Waals surface area contributed by atoms with Gasteiger partial charge in [-0.1, -0.05) is 35.3 Å². The van der Waals surface area contributed by atoms with Crippen LogP contribution in [0.5, 0.6) is 0 Å². The van der Waals surface area contributed by atoms with Gasteiger partial charge in [-0.3, -0.25) is 0 Å². The van der Waals surface area contributed by atoms with Crippen molar-refractivity contribution in [2.45, 2.75) is 37.8 Å². The number of nitrogens with one attached hydrogen (secondary N) is 1. The summed E-state index contributed by atoms with van der Waals surface area (Å²) >= 11 is 12.1. The number of hydrogen-bond acceptors (Lipinski definition) is 2. The van der Waals surface area contributed by atoms with Crippen LogP contribution in [0.2, 0.25) is 10.0 Å². The maximum absolute atomic E-state index is 10.3. The molecule has 1 atom stereocenters. The zero-order chi connectivity index (χ0) is 12.5. The first kappa shape index (κ1) is 13.2. The lowest BCUT2D eigenvalue weighted by atomic mass is 9.96. The summed E-state index contributed by atoms with van der Waals surface area (Å²) in [5.74, 6) is 0. The Hall–Kier alpha value is -0.280. The maximum Gasteiger partial charge on any atom is 0.0784 e. The monoisotopic (exact) mass is 273 g/mol. The van der Waals surface area contributed by atoms with Gasteiger partial charge in [0.25, 0.3) is 0 Å².